The number of benzene rings is 1. The summed E-state index contributed by atoms with van der Waals surface area (Å²) in [6.07, 6.45) is 5.62. The van der Waals surface area contributed by atoms with Gasteiger partial charge in [0.15, 0.2) is 0 Å². The molecule has 0 radical (unpaired) electrons. The smallest absolute Gasteiger partial charge is 0.126 e. The van der Waals surface area contributed by atoms with Crippen molar-refractivity contribution < 1.29 is 0 Å². The zero-order valence-electron chi connectivity index (χ0n) is 11.9. The Hall–Kier alpha value is -1.35. The van der Waals surface area contributed by atoms with E-state index in [-0.39, 0.29) is 0 Å². The molecule has 102 valence electrons. The van der Waals surface area contributed by atoms with Crippen LogP contribution in [0, 0.1) is 5.92 Å². The van der Waals surface area contributed by atoms with Crippen LogP contribution in [0.1, 0.15) is 44.5 Å². The lowest BCUT2D eigenvalue weighted by molar-refractivity contribution is 0.287. The Morgan fingerprint density at radius 3 is 2.84 bits per heavy atom. The van der Waals surface area contributed by atoms with Gasteiger partial charge in [-0.3, -0.25) is 0 Å². The average Bonchev–Trinajstić information content (AvgIpc) is 2.70. The zero-order chi connectivity index (χ0) is 13.2. The monoisotopic (exact) mass is 257 g/mol. The number of para-hydroxylation sites is 2. The van der Waals surface area contributed by atoms with E-state index in [4.69, 9.17) is 4.98 Å². The van der Waals surface area contributed by atoms with E-state index in [9.17, 15) is 0 Å². The molecule has 3 heteroatoms. The Kier molecular flexibility index (Phi) is 3.56. The minimum atomic E-state index is 0.317. The van der Waals surface area contributed by atoms with Gasteiger partial charge in [0.25, 0.3) is 0 Å². The molecule has 0 amide bonds. The van der Waals surface area contributed by atoms with Gasteiger partial charge in [-0.2, -0.15) is 0 Å². The Morgan fingerprint density at radius 1 is 1.37 bits per heavy atom. The lowest BCUT2D eigenvalue weighted by Gasteiger charge is -2.26. The predicted octanol–water partition coefficient (Wildman–Crippen LogP) is 3.41. The third-order valence-electron chi connectivity index (χ3n) is 4.44. The first kappa shape index (κ1) is 12.7. The van der Waals surface area contributed by atoms with Gasteiger partial charge in [0, 0.05) is 7.05 Å². The van der Waals surface area contributed by atoms with Gasteiger partial charge in [-0.05, 0) is 37.9 Å². The topological polar surface area (TPSA) is 29.9 Å². The van der Waals surface area contributed by atoms with Crippen LogP contribution in [0.3, 0.4) is 0 Å². The van der Waals surface area contributed by atoms with Gasteiger partial charge in [0.2, 0.25) is 0 Å². The van der Waals surface area contributed by atoms with Crippen molar-refractivity contribution >= 4 is 11.0 Å². The summed E-state index contributed by atoms with van der Waals surface area (Å²) in [6, 6.07) is 8.65. The van der Waals surface area contributed by atoms with Crippen LogP contribution in [0.5, 0.6) is 0 Å². The number of aromatic nitrogens is 2. The Balaban J connectivity index is 1.66. The van der Waals surface area contributed by atoms with E-state index in [2.05, 4.69) is 42.1 Å². The average molecular weight is 257 g/mol. The van der Waals surface area contributed by atoms with Crippen molar-refractivity contribution in [3.8, 4) is 0 Å². The molecule has 0 spiro atoms. The maximum atomic E-state index is 4.74. The van der Waals surface area contributed by atoms with Gasteiger partial charge in [0.05, 0.1) is 17.1 Å². The number of hydrogen-bond acceptors (Lipinski definition) is 2. The van der Waals surface area contributed by atoms with Crippen molar-refractivity contribution in [2.24, 2.45) is 13.0 Å². The van der Waals surface area contributed by atoms with Crippen molar-refractivity contribution in [1.82, 2.24) is 14.9 Å². The van der Waals surface area contributed by atoms with Gasteiger partial charge in [-0.1, -0.05) is 31.4 Å². The highest BCUT2D eigenvalue weighted by Crippen LogP contribution is 2.29. The van der Waals surface area contributed by atoms with E-state index in [1.807, 2.05) is 6.07 Å². The lowest BCUT2D eigenvalue weighted by Crippen LogP contribution is -2.25. The summed E-state index contributed by atoms with van der Waals surface area (Å²) < 4.78 is 2.20. The zero-order valence-corrected chi connectivity index (χ0v) is 11.9. The molecule has 1 heterocycles. The van der Waals surface area contributed by atoms with E-state index in [1.54, 1.807) is 0 Å². The summed E-state index contributed by atoms with van der Waals surface area (Å²) in [4.78, 5) is 4.74. The van der Waals surface area contributed by atoms with Crippen LogP contribution < -0.4 is 5.32 Å². The molecule has 1 aliphatic carbocycles. The molecule has 1 aromatic carbocycles. The van der Waals surface area contributed by atoms with Crippen molar-refractivity contribution in [1.29, 1.82) is 0 Å². The molecule has 1 aliphatic rings. The van der Waals surface area contributed by atoms with E-state index in [1.165, 1.54) is 31.2 Å². The van der Waals surface area contributed by atoms with Crippen LogP contribution in [0.15, 0.2) is 24.3 Å². The minimum Gasteiger partial charge on any atom is -0.330 e. The molecule has 1 aromatic heterocycles. The predicted molar refractivity (Wildman–Crippen MR) is 79.1 cm³/mol. The number of nitrogens with one attached hydrogen (secondary N) is 1. The van der Waals surface area contributed by atoms with E-state index >= 15 is 0 Å². The molecule has 3 nitrogen and oxygen atoms in total. The van der Waals surface area contributed by atoms with Crippen LogP contribution >= 0.6 is 0 Å². The molecule has 1 saturated carbocycles. The van der Waals surface area contributed by atoms with Gasteiger partial charge in [-0.25, -0.2) is 4.98 Å². The maximum Gasteiger partial charge on any atom is 0.126 e. The first-order chi connectivity index (χ1) is 9.25. The van der Waals surface area contributed by atoms with Gasteiger partial charge in [0.1, 0.15) is 5.82 Å². The Labute approximate surface area is 115 Å². The number of nitrogens with zero attached hydrogens (tertiary/aromatic N) is 2. The SMILES string of the molecule is CC(NCCC1CCC1)c1nc2ccccc2n1C. The summed E-state index contributed by atoms with van der Waals surface area (Å²) in [7, 11) is 2.11. The van der Waals surface area contributed by atoms with Crippen LogP contribution in [0.25, 0.3) is 11.0 Å². The van der Waals surface area contributed by atoms with Crippen molar-refractivity contribution in [2.45, 2.75) is 38.6 Å². The molecule has 0 saturated heterocycles. The van der Waals surface area contributed by atoms with E-state index in [0.29, 0.717) is 6.04 Å². The molecule has 19 heavy (non-hydrogen) atoms. The maximum absolute atomic E-state index is 4.74. The number of imidazole rings is 1. The molecule has 0 bridgehead atoms. The third kappa shape index (κ3) is 2.52. The second-order valence-electron chi connectivity index (χ2n) is 5.78. The fourth-order valence-corrected chi connectivity index (χ4v) is 2.93. The van der Waals surface area contributed by atoms with E-state index < -0.39 is 0 Å². The second-order valence-corrected chi connectivity index (χ2v) is 5.78. The quantitative estimate of drug-likeness (QED) is 0.889. The highest BCUT2D eigenvalue weighted by Gasteiger charge is 2.18. The number of hydrogen-bond donors (Lipinski definition) is 1. The van der Waals surface area contributed by atoms with Gasteiger partial charge < -0.3 is 9.88 Å². The van der Waals surface area contributed by atoms with Crippen LogP contribution in [-0.4, -0.2) is 16.1 Å². The molecule has 1 atom stereocenters. The van der Waals surface area contributed by atoms with Crippen molar-refractivity contribution in [3.63, 3.8) is 0 Å². The Bertz CT molecular complexity index is 554. The molecule has 1 fully saturated rings. The summed E-state index contributed by atoms with van der Waals surface area (Å²) in [5.74, 6) is 2.11. The number of fused-ring (bicyclic) bond motifs is 1. The summed E-state index contributed by atoms with van der Waals surface area (Å²) in [6.45, 7) is 3.32. The van der Waals surface area contributed by atoms with Gasteiger partial charge >= 0.3 is 0 Å². The second kappa shape index (κ2) is 5.33. The first-order valence-electron chi connectivity index (χ1n) is 7.40. The fraction of sp³-hybridized carbons (Fsp3) is 0.562. The van der Waals surface area contributed by atoms with Crippen LogP contribution in [0.2, 0.25) is 0 Å². The molecule has 1 N–H and O–H groups in total. The molecule has 0 aliphatic heterocycles. The van der Waals surface area contributed by atoms with Crippen molar-refractivity contribution in [2.75, 3.05) is 6.54 Å². The van der Waals surface area contributed by atoms with Crippen LogP contribution in [-0.2, 0) is 7.05 Å². The Morgan fingerprint density at radius 2 is 2.16 bits per heavy atom. The highest BCUT2D eigenvalue weighted by molar-refractivity contribution is 5.75. The summed E-state index contributed by atoms with van der Waals surface area (Å²) in [5, 5.41) is 3.62. The van der Waals surface area contributed by atoms with Crippen LogP contribution in [0.4, 0.5) is 0 Å². The fourth-order valence-electron chi connectivity index (χ4n) is 2.93. The third-order valence-corrected chi connectivity index (χ3v) is 4.44. The molecule has 1 unspecified atom stereocenters. The largest absolute Gasteiger partial charge is 0.330 e. The molecular formula is C16H23N3. The number of aryl methyl sites for hydroxylation is 1. The number of rotatable bonds is 5. The normalized spacial score (nSPS) is 17.6. The summed E-state index contributed by atoms with van der Waals surface area (Å²) >= 11 is 0. The molecule has 3 rings (SSSR count). The summed E-state index contributed by atoms with van der Waals surface area (Å²) in [5.41, 5.74) is 2.30. The van der Waals surface area contributed by atoms with Crippen molar-refractivity contribution in [3.05, 3.63) is 30.1 Å². The molecular weight excluding hydrogens is 234 g/mol. The van der Waals surface area contributed by atoms with Gasteiger partial charge in [-0.15, -0.1) is 0 Å². The lowest BCUT2D eigenvalue weighted by atomic mass is 9.83. The first-order valence-corrected chi connectivity index (χ1v) is 7.40. The minimum absolute atomic E-state index is 0.317. The van der Waals surface area contributed by atoms with E-state index in [0.717, 1.165) is 23.8 Å². The highest BCUT2D eigenvalue weighted by atomic mass is 15.1. The molecule has 2 aromatic rings. The standard InChI is InChI=1S/C16H23N3/c1-12(17-11-10-13-6-5-7-13)16-18-14-8-3-4-9-15(14)19(16)2/h3-4,8-9,12-13,17H,5-7,10-11H2,1-2H3.